The van der Waals surface area contributed by atoms with E-state index in [4.69, 9.17) is 14.2 Å². The zero-order valence-corrected chi connectivity index (χ0v) is 20.9. The molecule has 1 saturated heterocycles. The van der Waals surface area contributed by atoms with Crippen LogP contribution in [-0.4, -0.2) is 50.0 Å². The minimum Gasteiger partial charge on any atom is -0.508 e. The molecule has 5 rings (SSSR count). The number of hydrogen-bond acceptors (Lipinski definition) is 6. The van der Waals surface area contributed by atoms with Crippen LogP contribution in [0.25, 0.3) is 11.1 Å². The Morgan fingerprint density at radius 1 is 1.11 bits per heavy atom. The second-order valence-electron chi connectivity index (χ2n) is 9.44. The van der Waals surface area contributed by atoms with Crippen LogP contribution in [0.3, 0.4) is 0 Å². The molecule has 7 heteroatoms. The molecular weight excluding hydrogens is 471 g/mol. The molecule has 0 aromatic heterocycles. The highest BCUT2D eigenvalue weighted by atomic mass is 19.1. The first kappa shape index (κ1) is 24.7. The molecule has 6 nitrogen and oxygen atoms in total. The zero-order chi connectivity index (χ0) is 25.9. The Morgan fingerprint density at radius 2 is 1.89 bits per heavy atom. The van der Waals surface area contributed by atoms with Gasteiger partial charge in [-0.2, -0.15) is 5.26 Å². The molecule has 0 bridgehead atoms. The monoisotopic (exact) mass is 500 g/mol. The van der Waals surface area contributed by atoms with Crippen LogP contribution in [0.15, 0.2) is 60.7 Å². The van der Waals surface area contributed by atoms with E-state index >= 15 is 0 Å². The Bertz CT molecular complexity index is 1360. The van der Waals surface area contributed by atoms with E-state index in [9.17, 15) is 14.8 Å². The number of halogens is 1. The maximum Gasteiger partial charge on any atom is 0.150 e. The van der Waals surface area contributed by atoms with Crippen molar-refractivity contribution < 1.29 is 23.7 Å². The predicted octanol–water partition coefficient (Wildman–Crippen LogP) is 5.62. The summed E-state index contributed by atoms with van der Waals surface area (Å²) in [5, 5.41) is 19.5. The number of benzene rings is 3. The molecule has 0 aliphatic carbocycles. The Kier molecular flexibility index (Phi) is 7.02. The van der Waals surface area contributed by atoms with Crippen molar-refractivity contribution in [2.45, 2.75) is 13.0 Å². The van der Waals surface area contributed by atoms with Gasteiger partial charge in [-0.25, -0.2) is 0 Å². The van der Waals surface area contributed by atoms with Crippen molar-refractivity contribution in [2.75, 3.05) is 40.0 Å². The van der Waals surface area contributed by atoms with E-state index in [1.54, 1.807) is 31.4 Å². The Hall–Kier alpha value is -4.02. The lowest BCUT2D eigenvalue weighted by molar-refractivity contribution is 0.0668. The number of nitriles is 1. The average molecular weight is 501 g/mol. The predicted molar refractivity (Wildman–Crippen MR) is 140 cm³/mol. The standard InChI is InChI=1S/C30H29FN2O4/c1-19-26-14-24(34)7-10-27(26)37-30(29(19)22-3-4-23(16-32)28(13-22)35-2)21-5-8-25(9-6-21)36-12-11-33-17-20(15-31)18-33/h3-10,13-14,20,30,34H,11-12,15,17-18H2,1-2H3/t30-/m0/s1. The third-order valence-corrected chi connectivity index (χ3v) is 7.02. The van der Waals surface area contributed by atoms with E-state index in [1.807, 2.05) is 43.3 Å². The molecule has 0 amide bonds. The molecule has 190 valence electrons. The topological polar surface area (TPSA) is 75.0 Å². The van der Waals surface area contributed by atoms with Crippen molar-refractivity contribution in [3.63, 3.8) is 0 Å². The van der Waals surface area contributed by atoms with Crippen molar-refractivity contribution in [2.24, 2.45) is 5.92 Å². The largest absolute Gasteiger partial charge is 0.508 e. The molecule has 0 spiro atoms. The number of hydrogen-bond donors (Lipinski definition) is 1. The number of nitrogens with zero attached hydrogens (tertiary/aromatic N) is 2. The van der Waals surface area contributed by atoms with E-state index < -0.39 is 6.10 Å². The summed E-state index contributed by atoms with van der Waals surface area (Å²) in [5.74, 6) is 2.27. The van der Waals surface area contributed by atoms with Gasteiger partial charge in [0.1, 0.15) is 41.8 Å². The summed E-state index contributed by atoms with van der Waals surface area (Å²) in [7, 11) is 1.55. The fraction of sp³-hybridized carbons (Fsp3) is 0.300. The summed E-state index contributed by atoms with van der Waals surface area (Å²) in [6.45, 7) is 4.68. The fourth-order valence-electron chi connectivity index (χ4n) is 4.98. The molecule has 0 unspecified atom stereocenters. The van der Waals surface area contributed by atoms with Gasteiger partial charge in [0.25, 0.3) is 0 Å². The highest BCUT2D eigenvalue weighted by Gasteiger charge is 2.30. The minimum absolute atomic E-state index is 0.164. The van der Waals surface area contributed by atoms with Crippen LogP contribution in [-0.2, 0) is 0 Å². The van der Waals surface area contributed by atoms with Gasteiger partial charge in [0.15, 0.2) is 0 Å². The zero-order valence-electron chi connectivity index (χ0n) is 20.9. The number of likely N-dealkylation sites (tertiary alicyclic amines) is 1. The van der Waals surface area contributed by atoms with Gasteiger partial charge < -0.3 is 19.3 Å². The molecular formula is C30H29FN2O4. The normalized spacial score (nSPS) is 17.4. The summed E-state index contributed by atoms with van der Waals surface area (Å²) in [4.78, 5) is 2.19. The Morgan fingerprint density at radius 3 is 2.59 bits per heavy atom. The first-order chi connectivity index (χ1) is 18.0. The molecule has 2 heterocycles. The van der Waals surface area contributed by atoms with Gasteiger partial charge in [0.05, 0.1) is 19.3 Å². The molecule has 1 atom stereocenters. The first-order valence-electron chi connectivity index (χ1n) is 12.3. The van der Waals surface area contributed by atoms with Crippen LogP contribution >= 0.6 is 0 Å². The number of methoxy groups -OCH3 is 1. The second kappa shape index (κ2) is 10.5. The SMILES string of the molecule is COc1cc(C2=C(C)c3cc(O)ccc3O[C@H]2c2ccc(OCCN3CC(CF)C3)cc2)ccc1C#N. The van der Waals surface area contributed by atoms with Gasteiger partial charge in [0.2, 0.25) is 0 Å². The maximum absolute atomic E-state index is 12.6. The lowest BCUT2D eigenvalue weighted by Gasteiger charge is -2.37. The van der Waals surface area contributed by atoms with Gasteiger partial charge >= 0.3 is 0 Å². The molecule has 3 aromatic rings. The van der Waals surface area contributed by atoms with Crippen molar-refractivity contribution in [1.82, 2.24) is 4.90 Å². The van der Waals surface area contributed by atoms with E-state index in [-0.39, 0.29) is 18.3 Å². The number of phenols is 1. The highest BCUT2D eigenvalue weighted by Crippen LogP contribution is 2.48. The number of alkyl halides is 1. The van der Waals surface area contributed by atoms with Gasteiger partial charge in [-0.15, -0.1) is 0 Å². The first-order valence-corrected chi connectivity index (χ1v) is 12.3. The highest BCUT2D eigenvalue weighted by molar-refractivity contribution is 5.96. The van der Waals surface area contributed by atoms with E-state index in [2.05, 4.69) is 11.0 Å². The molecule has 0 saturated carbocycles. The van der Waals surface area contributed by atoms with Crippen LogP contribution in [0, 0.1) is 17.2 Å². The summed E-state index contributed by atoms with van der Waals surface area (Å²) in [6.07, 6.45) is -0.414. The van der Waals surface area contributed by atoms with Crippen LogP contribution < -0.4 is 14.2 Å². The van der Waals surface area contributed by atoms with Crippen molar-refractivity contribution in [1.29, 1.82) is 5.26 Å². The smallest absolute Gasteiger partial charge is 0.150 e. The molecule has 2 aliphatic heterocycles. The third-order valence-electron chi connectivity index (χ3n) is 7.02. The maximum atomic E-state index is 12.6. The molecule has 37 heavy (non-hydrogen) atoms. The number of fused-ring (bicyclic) bond motifs is 1. The number of allylic oxidation sites excluding steroid dienone is 1. The number of aromatic hydroxyl groups is 1. The van der Waals surface area contributed by atoms with E-state index in [0.717, 1.165) is 53.2 Å². The molecule has 2 aliphatic rings. The number of ether oxygens (including phenoxy) is 3. The molecule has 1 N–H and O–H groups in total. The van der Waals surface area contributed by atoms with E-state index in [0.29, 0.717) is 23.7 Å². The number of phenolic OH excluding ortho intramolecular Hbond substituents is 1. The van der Waals surface area contributed by atoms with Crippen molar-refractivity contribution in [3.05, 3.63) is 82.9 Å². The van der Waals surface area contributed by atoms with Gasteiger partial charge in [-0.1, -0.05) is 18.2 Å². The van der Waals surface area contributed by atoms with Crippen LogP contribution in [0.4, 0.5) is 4.39 Å². The second-order valence-corrected chi connectivity index (χ2v) is 9.44. The lowest BCUT2D eigenvalue weighted by atomic mass is 9.85. The number of rotatable bonds is 8. The van der Waals surface area contributed by atoms with Crippen molar-refractivity contribution >= 4 is 11.1 Å². The summed E-state index contributed by atoms with van der Waals surface area (Å²) >= 11 is 0. The van der Waals surface area contributed by atoms with Gasteiger partial charge in [0, 0.05) is 36.7 Å². The summed E-state index contributed by atoms with van der Waals surface area (Å²) < 4.78 is 30.5. The summed E-state index contributed by atoms with van der Waals surface area (Å²) in [5.41, 5.74) is 4.97. The van der Waals surface area contributed by atoms with Crippen molar-refractivity contribution in [3.8, 4) is 29.1 Å². The van der Waals surface area contributed by atoms with Crippen LogP contribution in [0.5, 0.6) is 23.0 Å². The average Bonchev–Trinajstić information content (AvgIpc) is 2.90. The third kappa shape index (κ3) is 4.98. The van der Waals surface area contributed by atoms with E-state index in [1.165, 1.54) is 0 Å². The Labute approximate surface area is 216 Å². The van der Waals surface area contributed by atoms with Gasteiger partial charge in [-0.05, 0) is 66.1 Å². The molecule has 3 aromatic carbocycles. The minimum atomic E-state index is -0.414. The Balaban J connectivity index is 1.42. The van der Waals surface area contributed by atoms with Crippen LogP contribution in [0.1, 0.15) is 35.3 Å². The quantitative estimate of drug-likeness (QED) is 0.433. The fourth-order valence-corrected chi connectivity index (χ4v) is 4.98. The van der Waals surface area contributed by atoms with Gasteiger partial charge in [-0.3, -0.25) is 9.29 Å². The molecule has 0 radical (unpaired) electrons. The molecule has 1 fully saturated rings. The summed E-state index contributed by atoms with van der Waals surface area (Å²) in [6, 6.07) is 20.6. The lowest BCUT2D eigenvalue weighted by Crippen LogP contribution is -2.49. The van der Waals surface area contributed by atoms with Crippen LogP contribution in [0.2, 0.25) is 0 Å².